The second kappa shape index (κ2) is 6.02. The van der Waals surface area contributed by atoms with Gasteiger partial charge >= 0.3 is 0 Å². The zero-order valence-electron chi connectivity index (χ0n) is 11.0. The molecule has 0 amide bonds. The second-order valence-electron chi connectivity index (χ2n) is 6.12. The van der Waals surface area contributed by atoms with Gasteiger partial charge in [-0.25, -0.2) is 0 Å². The van der Waals surface area contributed by atoms with Crippen LogP contribution in [0.1, 0.15) is 46.0 Å². The summed E-state index contributed by atoms with van der Waals surface area (Å²) in [6.07, 6.45) is 7.07. The minimum absolute atomic E-state index is 0.860. The van der Waals surface area contributed by atoms with Gasteiger partial charge in [-0.3, -0.25) is 0 Å². The fraction of sp³-hybridized carbons (Fsp3) is 1.00. The molecule has 2 heteroatoms. The summed E-state index contributed by atoms with van der Waals surface area (Å²) in [5.74, 6) is 1.79. The van der Waals surface area contributed by atoms with Crippen molar-refractivity contribution in [2.45, 2.75) is 52.0 Å². The smallest absolute Gasteiger partial charge is 0.00965 e. The van der Waals surface area contributed by atoms with Gasteiger partial charge in [0.05, 0.1) is 0 Å². The van der Waals surface area contributed by atoms with Gasteiger partial charge in [-0.2, -0.15) is 0 Å². The van der Waals surface area contributed by atoms with Crippen molar-refractivity contribution < 1.29 is 0 Å². The predicted molar refractivity (Wildman–Crippen MR) is 69.6 cm³/mol. The maximum absolute atomic E-state index is 3.64. The van der Waals surface area contributed by atoms with E-state index in [2.05, 4.69) is 24.1 Å². The van der Waals surface area contributed by atoms with Crippen molar-refractivity contribution in [1.29, 1.82) is 0 Å². The summed E-state index contributed by atoms with van der Waals surface area (Å²) < 4.78 is 0. The van der Waals surface area contributed by atoms with Gasteiger partial charge in [0, 0.05) is 12.6 Å². The van der Waals surface area contributed by atoms with Gasteiger partial charge in [-0.05, 0) is 63.6 Å². The summed E-state index contributed by atoms with van der Waals surface area (Å²) in [6.45, 7) is 9.82. The van der Waals surface area contributed by atoms with E-state index in [1.165, 1.54) is 58.3 Å². The average molecular weight is 224 g/mol. The molecule has 2 fully saturated rings. The lowest BCUT2D eigenvalue weighted by Gasteiger charge is -2.15. The van der Waals surface area contributed by atoms with Crippen molar-refractivity contribution in [1.82, 2.24) is 10.2 Å². The molecule has 1 atom stereocenters. The second-order valence-corrected chi connectivity index (χ2v) is 6.12. The average Bonchev–Trinajstić information content (AvgIpc) is 2.99. The van der Waals surface area contributed by atoms with Crippen LogP contribution in [0.4, 0.5) is 0 Å². The minimum Gasteiger partial charge on any atom is -0.316 e. The van der Waals surface area contributed by atoms with Crippen LogP contribution in [0.3, 0.4) is 0 Å². The van der Waals surface area contributed by atoms with Crippen LogP contribution in [-0.4, -0.2) is 37.1 Å². The summed E-state index contributed by atoms with van der Waals surface area (Å²) in [7, 11) is 0. The van der Waals surface area contributed by atoms with E-state index in [0.717, 1.165) is 17.9 Å². The number of nitrogens with one attached hydrogen (secondary N) is 1. The van der Waals surface area contributed by atoms with Crippen LogP contribution in [-0.2, 0) is 0 Å². The summed E-state index contributed by atoms with van der Waals surface area (Å²) in [5, 5.41) is 3.64. The third-order valence-corrected chi connectivity index (χ3v) is 3.95. The highest BCUT2D eigenvalue weighted by atomic mass is 15.2. The first kappa shape index (κ1) is 12.4. The van der Waals surface area contributed by atoms with Crippen molar-refractivity contribution >= 4 is 0 Å². The fourth-order valence-corrected chi connectivity index (χ4v) is 2.74. The minimum atomic E-state index is 0.860. The zero-order chi connectivity index (χ0) is 11.4. The molecule has 2 nitrogen and oxygen atoms in total. The molecular weight excluding hydrogens is 196 g/mol. The Balaban J connectivity index is 1.47. The third-order valence-electron chi connectivity index (χ3n) is 3.95. The lowest BCUT2D eigenvalue weighted by molar-refractivity contribution is 0.311. The van der Waals surface area contributed by atoms with Crippen LogP contribution in [0.25, 0.3) is 0 Å². The number of hydrogen-bond donors (Lipinski definition) is 1. The molecule has 2 aliphatic rings. The van der Waals surface area contributed by atoms with Crippen LogP contribution >= 0.6 is 0 Å². The van der Waals surface area contributed by atoms with Crippen molar-refractivity contribution in [2.75, 3.05) is 26.2 Å². The van der Waals surface area contributed by atoms with E-state index >= 15 is 0 Å². The van der Waals surface area contributed by atoms with Gasteiger partial charge < -0.3 is 10.2 Å². The highest BCUT2D eigenvalue weighted by Gasteiger charge is 2.33. The topological polar surface area (TPSA) is 15.3 Å². The monoisotopic (exact) mass is 224 g/mol. The van der Waals surface area contributed by atoms with Gasteiger partial charge in [0.2, 0.25) is 0 Å². The molecule has 1 heterocycles. The molecule has 16 heavy (non-hydrogen) atoms. The predicted octanol–water partition coefficient (Wildman–Crippen LogP) is 2.50. The molecule has 2 rings (SSSR count). The Kier molecular flexibility index (Phi) is 4.66. The fourth-order valence-electron chi connectivity index (χ4n) is 2.74. The molecule has 1 aliphatic heterocycles. The number of likely N-dealkylation sites (tertiary alicyclic amines) is 1. The summed E-state index contributed by atoms with van der Waals surface area (Å²) in [4.78, 5) is 2.71. The molecule has 0 aromatic carbocycles. The molecule has 94 valence electrons. The lowest BCUT2D eigenvalue weighted by atomic mass is 10.1. The van der Waals surface area contributed by atoms with Crippen LogP contribution < -0.4 is 5.32 Å². The Labute approximate surface area is 101 Å². The number of nitrogens with zero attached hydrogens (tertiary/aromatic N) is 1. The molecular formula is C14H28N2. The maximum atomic E-state index is 3.64. The summed E-state index contributed by atoms with van der Waals surface area (Å²) in [5.41, 5.74) is 0. The van der Waals surface area contributed by atoms with Gasteiger partial charge in [0.15, 0.2) is 0 Å². The van der Waals surface area contributed by atoms with Crippen LogP contribution in [0, 0.1) is 11.8 Å². The van der Waals surface area contributed by atoms with E-state index in [1.807, 2.05) is 0 Å². The first-order chi connectivity index (χ1) is 7.75. The molecule has 1 saturated carbocycles. The van der Waals surface area contributed by atoms with Crippen molar-refractivity contribution in [3.05, 3.63) is 0 Å². The maximum Gasteiger partial charge on any atom is 0.00965 e. The number of hydrogen-bond acceptors (Lipinski definition) is 2. The van der Waals surface area contributed by atoms with E-state index < -0.39 is 0 Å². The largest absolute Gasteiger partial charge is 0.316 e. The van der Waals surface area contributed by atoms with Crippen LogP contribution in [0.2, 0.25) is 0 Å². The molecule has 1 N–H and O–H groups in total. The summed E-state index contributed by atoms with van der Waals surface area (Å²) in [6, 6.07) is 0.978. The molecule has 1 saturated heterocycles. The van der Waals surface area contributed by atoms with Crippen molar-refractivity contribution in [3.8, 4) is 0 Å². The zero-order valence-corrected chi connectivity index (χ0v) is 11.0. The Hall–Kier alpha value is -0.0800. The highest BCUT2D eigenvalue weighted by molar-refractivity contribution is 4.89. The van der Waals surface area contributed by atoms with Crippen molar-refractivity contribution in [2.24, 2.45) is 11.8 Å². The summed E-state index contributed by atoms with van der Waals surface area (Å²) >= 11 is 0. The molecule has 0 bridgehead atoms. The van der Waals surface area contributed by atoms with Gasteiger partial charge in [-0.1, -0.05) is 13.8 Å². The first-order valence-electron chi connectivity index (χ1n) is 7.20. The van der Waals surface area contributed by atoms with Crippen molar-refractivity contribution in [3.63, 3.8) is 0 Å². The number of rotatable bonds is 7. The van der Waals surface area contributed by atoms with Gasteiger partial charge in [-0.15, -0.1) is 0 Å². The lowest BCUT2D eigenvalue weighted by Crippen LogP contribution is -2.28. The van der Waals surface area contributed by atoms with Gasteiger partial charge in [0.1, 0.15) is 0 Å². The Bertz CT molecular complexity index is 199. The van der Waals surface area contributed by atoms with E-state index in [9.17, 15) is 0 Å². The third kappa shape index (κ3) is 4.06. The van der Waals surface area contributed by atoms with Crippen LogP contribution in [0.5, 0.6) is 0 Å². The molecule has 1 aliphatic carbocycles. The standard InChI is InChI=1S/C14H28N2/c1-12(2)4-3-8-15-10-13-7-9-16(11-13)14-5-6-14/h12-15H,3-11H2,1-2H3. The SMILES string of the molecule is CC(C)CCCNCC1CCN(C2CC2)C1. The Morgan fingerprint density at radius 3 is 2.75 bits per heavy atom. The highest BCUT2D eigenvalue weighted by Crippen LogP contribution is 2.31. The molecule has 0 aromatic heterocycles. The molecule has 0 aromatic rings. The van der Waals surface area contributed by atoms with E-state index in [4.69, 9.17) is 0 Å². The van der Waals surface area contributed by atoms with E-state index in [-0.39, 0.29) is 0 Å². The van der Waals surface area contributed by atoms with E-state index in [1.54, 1.807) is 0 Å². The van der Waals surface area contributed by atoms with Gasteiger partial charge in [0.25, 0.3) is 0 Å². The van der Waals surface area contributed by atoms with Crippen LogP contribution in [0.15, 0.2) is 0 Å². The Morgan fingerprint density at radius 2 is 2.06 bits per heavy atom. The van der Waals surface area contributed by atoms with E-state index in [0.29, 0.717) is 0 Å². The Morgan fingerprint density at radius 1 is 1.25 bits per heavy atom. The molecule has 0 radical (unpaired) electrons. The molecule has 1 unspecified atom stereocenters. The quantitative estimate of drug-likeness (QED) is 0.668. The first-order valence-corrected chi connectivity index (χ1v) is 7.20. The normalized spacial score (nSPS) is 26.8. The molecule has 0 spiro atoms.